The molecule has 6 aromatic carbocycles. The fraction of sp³-hybridized carbons (Fsp3) is 0.0233. The highest BCUT2D eigenvalue weighted by Crippen LogP contribution is 2.45. The zero-order valence-corrected chi connectivity index (χ0v) is 27.5. The van der Waals surface area contributed by atoms with Crippen LogP contribution in [0.15, 0.2) is 103 Å². The third kappa shape index (κ3) is 4.95. The summed E-state index contributed by atoms with van der Waals surface area (Å²) in [5, 5.41) is 63.4. The van der Waals surface area contributed by atoms with Gasteiger partial charge in [0.15, 0.2) is 0 Å². The van der Waals surface area contributed by atoms with Gasteiger partial charge in [0, 0.05) is 32.7 Å². The number of aromatic nitrogens is 2. The Kier molecular flexibility index (Phi) is 7.39. The van der Waals surface area contributed by atoms with Crippen LogP contribution in [0.2, 0.25) is 0 Å². The molecule has 54 heavy (non-hydrogen) atoms. The summed E-state index contributed by atoms with van der Waals surface area (Å²) in [6.07, 6.45) is -4.76. The molecule has 0 N–H and O–H groups in total. The van der Waals surface area contributed by atoms with E-state index in [1.807, 2.05) is 6.07 Å². The zero-order valence-electron chi connectivity index (χ0n) is 27.5. The maximum absolute atomic E-state index is 14.1. The fourth-order valence-corrected chi connectivity index (χ4v) is 7.17. The Morgan fingerprint density at radius 2 is 0.778 bits per heavy atom. The van der Waals surface area contributed by atoms with Crippen LogP contribution in [-0.4, -0.2) is 9.13 Å². The quantitative estimate of drug-likeness (QED) is 0.179. The van der Waals surface area contributed by atoms with E-state index < -0.39 is 11.7 Å². The number of benzene rings is 6. The highest BCUT2D eigenvalue weighted by atomic mass is 19.4. The summed E-state index contributed by atoms with van der Waals surface area (Å²) < 4.78 is 45.7. The van der Waals surface area contributed by atoms with Gasteiger partial charge in [-0.05, 0) is 72.8 Å². The first-order chi connectivity index (χ1) is 26.1. The van der Waals surface area contributed by atoms with Gasteiger partial charge in [-0.3, -0.25) is 0 Å². The molecule has 2 aromatic heterocycles. The molecule has 250 valence electrons. The Labute approximate surface area is 304 Å². The molecule has 0 fully saturated rings. The minimum atomic E-state index is -4.76. The first-order valence-electron chi connectivity index (χ1n) is 16.1. The highest BCUT2D eigenvalue weighted by molar-refractivity contribution is 6.13. The van der Waals surface area contributed by atoms with Crippen molar-refractivity contribution in [1.82, 2.24) is 9.13 Å². The average molecular weight is 703 g/mol. The number of hydrogen-bond acceptors (Lipinski definition) is 6. The Morgan fingerprint density at radius 1 is 0.407 bits per heavy atom. The van der Waals surface area contributed by atoms with Crippen molar-refractivity contribution in [2.45, 2.75) is 6.18 Å². The number of hydrogen-bond donors (Lipinski definition) is 0. The molecule has 0 unspecified atom stereocenters. The van der Waals surface area contributed by atoms with E-state index in [1.54, 1.807) is 94.1 Å². The standard InChI is InChI=1S/C43H17F3N8/c44-43(45,46)30-5-10-31(29(17-30)23-52)42-40(53-36-11-24(18-47)1-6-32(36)33-7-2-25(19-48)12-37(33)53)15-28(22-51)16-41(42)54-38-13-26(20-49)3-8-34(38)35-9-4-27(21-50)14-39(35)54/h1-17H. The normalized spacial score (nSPS) is 11.1. The van der Waals surface area contributed by atoms with Crippen molar-refractivity contribution in [3.8, 4) is 58.9 Å². The van der Waals surface area contributed by atoms with Gasteiger partial charge >= 0.3 is 6.18 Å². The third-order valence-electron chi connectivity index (χ3n) is 9.50. The van der Waals surface area contributed by atoms with Gasteiger partial charge in [0.1, 0.15) is 0 Å². The van der Waals surface area contributed by atoms with E-state index in [-0.39, 0.29) is 33.6 Å². The first kappa shape index (κ1) is 32.8. The second kappa shape index (κ2) is 12.2. The van der Waals surface area contributed by atoms with Gasteiger partial charge in [0.25, 0.3) is 0 Å². The molecule has 0 aliphatic rings. The summed E-state index contributed by atoms with van der Waals surface area (Å²) in [6, 6.07) is 38.8. The van der Waals surface area contributed by atoms with Crippen LogP contribution in [0.4, 0.5) is 13.2 Å². The van der Waals surface area contributed by atoms with Crippen LogP contribution in [0.5, 0.6) is 0 Å². The molecule has 0 atom stereocenters. The summed E-state index contributed by atoms with van der Waals surface area (Å²) in [7, 11) is 0. The van der Waals surface area contributed by atoms with E-state index >= 15 is 0 Å². The lowest BCUT2D eigenvalue weighted by Gasteiger charge is -2.22. The predicted octanol–water partition coefficient (Wildman–Crippen LogP) is 9.80. The van der Waals surface area contributed by atoms with Crippen LogP contribution >= 0.6 is 0 Å². The summed E-state index contributed by atoms with van der Waals surface area (Å²) in [6.45, 7) is 0. The number of alkyl halides is 3. The topological polar surface area (TPSA) is 153 Å². The maximum Gasteiger partial charge on any atom is 0.416 e. The number of rotatable bonds is 3. The Hall–Kier alpha value is -8.35. The average Bonchev–Trinajstić information content (AvgIpc) is 3.70. The molecule has 0 bridgehead atoms. The molecule has 0 saturated heterocycles. The molecule has 0 aliphatic carbocycles. The number of nitriles is 6. The van der Waals surface area contributed by atoms with E-state index in [0.29, 0.717) is 65.9 Å². The maximum atomic E-state index is 14.1. The molecule has 11 heteroatoms. The summed E-state index contributed by atoms with van der Waals surface area (Å²) >= 11 is 0. The Balaban J connectivity index is 1.66. The molecule has 2 heterocycles. The molecule has 0 saturated carbocycles. The van der Waals surface area contributed by atoms with Crippen LogP contribution in [0, 0.1) is 68.0 Å². The lowest BCUT2D eigenvalue weighted by molar-refractivity contribution is -0.137. The highest BCUT2D eigenvalue weighted by Gasteiger charge is 2.32. The molecule has 0 amide bonds. The second-order valence-corrected chi connectivity index (χ2v) is 12.4. The molecular formula is C43H17F3N8. The number of halogens is 3. The smallest absolute Gasteiger partial charge is 0.308 e. The van der Waals surface area contributed by atoms with Crippen LogP contribution < -0.4 is 0 Å². The van der Waals surface area contributed by atoms with E-state index in [1.165, 1.54) is 6.07 Å². The lowest BCUT2D eigenvalue weighted by Crippen LogP contribution is -2.08. The number of fused-ring (bicyclic) bond motifs is 6. The fourth-order valence-electron chi connectivity index (χ4n) is 7.17. The van der Waals surface area contributed by atoms with E-state index in [4.69, 9.17) is 0 Å². The summed E-state index contributed by atoms with van der Waals surface area (Å²) in [4.78, 5) is 0. The van der Waals surface area contributed by atoms with Gasteiger partial charge in [-0.2, -0.15) is 44.7 Å². The van der Waals surface area contributed by atoms with Crippen molar-refractivity contribution in [3.05, 3.63) is 142 Å². The summed E-state index contributed by atoms with van der Waals surface area (Å²) in [5.74, 6) is 0. The van der Waals surface area contributed by atoms with Crippen molar-refractivity contribution in [2.24, 2.45) is 0 Å². The Morgan fingerprint density at radius 3 is 1.09 bits per heavy atom. The largest absolute Gasteiger partial charge is 0.416 e. The van der Waals surface area contributed by atoms with Crippen molar-refractivity contribution in [1.29, 1.82) is 31.6 Å². The van der Waals surface area contributed by atoms with Crippen LogP contribution in [0.3, 0.4) is 0 Å². The van der Waals surface area contributed by atoms with Gasteiger partial charge in [0.2, 0.25) is 0 Å². The Bertz CT molecular complexity index is 2920. The van der Waals surface area contributed by atoms with Gasteiger partial charge in [0.05, 0.1) is 109 Å². The van der Waals surface area contributed by atoms with Crippen molar-refractivity contribution in [3.63, 3.8) is 0 Å². The predicted molar refractivity (Wildman–Crippen MR) is 194 cm³/mol. The second-order valence-electron chi connectivity index (χ2n) is 12.4. The van der Waals surface area contributed by atoms with Crippen molar-refractivity contribution >= 4 is 43.6 Å². The SMILES string of the molecule is N#Cc1cc(-n2c3cc(C#N)ccc3c3ccc(C#N)cc32)c(-c2ccc(C(F)(F)F)cc2C#N)c(-n2c3cc(C#N)ccc3c3ccc(C#N)cc32)c1. The molecule has 0 spiro atoms. The molecular weight excluding hydrogens is 686 g/mol. The van der Waals surface area contributed by atoms with E-state index in [2.05, 4.69) is 30.3 Å². The minimum absolute atomic E-state index is 0.0886. The molecule has 0 aliphatic heterocycles. The van der Waals surface area contributed by atoms with Crippen LogP contribution in [0.1, 0.15) is 38.9 Å². The lowest BCUT2D eigenvalue weighted by atomic mass is 9.93. The van der Waals surface area contributed by atoms with Crippen LogP contribution in [0.25, 0.3) is 66.1 Å². The zero-order chi connectivity index (χ0) is 37.9. The molecule has 8 nitrogen and oxygen atoms in total. The summed E-state index contributed by atoms with van der Waals surface area (Å²) in [5.41, 5.74) is 2.77. The van der Waals surface area contributed by atoms with Crippen LogP contribution in [-0.2, 0) is 6.18 Å². The van der Waals surface area contributed by atoms with Crippen molar-refractivity contribution < 1.29 is 13.2 Å². The van der Waals surface area contributed by atoms with E-state index in [9.17, 15) is 44.7 Å². The van der Waals surface area contributed by atoms with E-state index in [0.717, 1.165) is 12.1 Å². The van der Waals surface area contributed by atoms with Gasteiger partial charge < -0.3 is 9.13 Å². The third-order valence-corrected chi connectivity index (χ3v) is 9.50. The minimum Gasteiger partial charge on any atom is -0.308 e. The van der Waals surface area contributed by atoms with Gasteiger partial charge in [-0.25, -0.2) is 0 Å². The monoisotopic (exact) mass is 702 g/mol. The molecule has 0 radical (unpaired) electrons. The van der Waals surface area contributed by atoms with Gasteiger partial charge in [-0.15, -0.1) is 0 Å². The molecule has 8 rings (SSSR count). The van der Waals surface area contributed by atoms with Crippen molar-refractivity contribution in [2.75, 3.05) is 0 Å². The first-order valence-corrected chi connectivity index (χ1v) is 16.1. The number of nitrogens with zero attached hydrogens (tertiary/aromatic N) is 8. The molecule has 8 aromatic rings. The van der Waals surface area contributed by atoms with Gasteiger partial charge in [-0.1, -0.05) is 30.3 Å².